The van der Waals surface area contributed by atoms with Gasteiger partial charge in [-0.2, -0.15) is 0 Å². The summed E-state index contributed by atoms with van der Waals surface area (Å²) in [6.45, 7) is 7.75. The molecule has 2 aromatic rings. The molecular weight excluding hydrogens is 242 g/mol. The molecule has 0 aliphatic heterocycles. The summed E-state index contributed by atoms with van der Waals surface area (Å²) in [5.74, 6) is 0.0503. The summed E-state index contributed by atoms with van der Waals surface area (Å²) in [6, 6.07) is 4.13. The average Bonchev–Trinajstić information content (AvgIpc) is 2.69. The molecule has 0 spiro atoms. The first-order valence-corrected chi connectivity index (χ1v) is 6.08. The van der Waals surface area contributed by atoms with Gasteiger partial charge in [0.25, 0.3) is 0 Å². The number of aryl methyl sites for hydroxylation is 4. The second-order valence-corrected chi connectivity index (χ2v) is 4.73. The van der Waals surface area contributed by atoms with Crippen LogP contribution >= 0.6 is 0 Å². The topological polar surface area (TPSA) is 52.3 Å². The molecule has 1 aromatic heterocycles. The Kier molecular flexibility index (Phi) is 3.42. The molecule has 2 rings (SSSR count). The van der Waals surface area contributed by atoms with Crippen molar-refractivity contribution in [1.82, 2.24) is 5.16 Å². The van der Waals surface area contributed by atoms with E-state index in [0.29, 0.717) is 17.0 Å². The van der Waals surface area contributed by atoms with Crippen LogP contribution in [0.4, 0.5) is 0 Å². The van der Waals surface area contributed by atoms with Crippen LogP contribution < -0.4 is 0 Å². The number of hydrogen-bond acceptors (Lipinski definition) is 4. The zero-order valence-corrected chi connectivity index (χ0v) is 11.8. The Hall–Kier alpha value is -2.10. The highest BCUT2D eigenvalue weighted by molar-refractivity contribution is 5.97. The maximum Gasteiger partial charge on any atom is 0.343 e. The fourth-order valence-electron chi connectivity index (χ4n) is 2.44. The number of carbonyl (C=O) groups excluding carboxylic acids is 1. The Bertz CT molecular complexity index is 618. The lowest BCUT2D eigenvalue weighted by molar-refractivity contribution is 0.0599. The number of nitrogens with zero attached hydrogens (tertiary/aromatic N) is 1. The van der Waals surface area contributed by atoms with Crippen LogP contribution in [0.3, 0.4) is 0 Å². The number of ether oxygens (including phenoxy) is 1. The number of carbonyl (C=O) groups is 1. The van der Waals surface area contributed by atoms with E-state index in [1.165, 1.54) is 12.7 Å². The maximum atomic E-state index is 11.9. The lowest BCUT2D eigenvalue weighted by atomic mass is 9.95. The van der Waals surface area contributed by atoms with Gasteiger partial charge in [0.15, 0.2) is 0 Å². The first-order chi connectivity index (χ1) is 8.95. The van der Waals surface area contributed by atoms with E-state index in [4.69, 9.17) is 9.26 Å². The van der Waals surface area contributed by atoms with Crippen molar-refractivity contribution < 1.29 is 14.1 Å². The Morgan fingerprint density at radius 3 is 2.26 bits per heavy atom. The smallest absolute Gasteiger partial charge is 0.343 e. The quantitative estimate of drug-likeness (QED) is 0.776. The van der Waals surface area contributed by atoms with E-state index in [1.807, 2.05) is 20.8 Å². The van der Waals surface area contributed by atoms with Gasteiger partial charge in [-0.3, -0.25) is 0 Å². The molecule has 0 fully saturated rings. The van der Waals surface area contributed by atoms with E-state index in [1.54, 1.807) is 6.92 Å². The van der Waals surface area contributed by atoms with Gasteiger partial charge in [0, 0.05) is 5.56 Å². The first-order valence-electron chi connectivity index (χ1n) is 6.08. The molecule has 100 valence electrons. The molecule has 19 heavy (non-hydrogen) atoms. The van der Waals surface area contributed by atoms with Crippen molar-refractivity contribution in [3.63, 3.8) is 0 Å². The average molecular weight is 259 g/mol. The third kappa shape index (κ3) is 2.26. The first kappa shape index (κ1) is 13.3. The van der Waals surface area contributed by atoms with Gasteiger partial charge in [-0.15, -0.1) is 0 Å². The van der Waals surface area contributed by atoms with Gasteiger partial charge < -0.3 is 9.26 Å². The van der Waals surface area contributed by atoms with Crippen LogP contribution in [0.15, 0.2) is 16.7 Å². The van der Waals surface area contributed by atoms with Gasteiger partial charge in [-0.1, -0.05) is 22.9 Å². The summed E-state index contributed by atoms with van der Waals surface area (Å²) in [5, 5.41) is 4.03. The molecule has 4 nitrogen and oxygen atoms in total. The van der Waals surface area contributed by atoms with Crippen molar-refractivity contribution in [2.75, 3.05) is 7.11 Å². The van der Waals surface area contributed by atoms with Crippen LogP contribution in [0.5, 0.6) is 0 Å². The Morgan fingerprint density at radius 1 is 1.16 bits per heavy atom. The number of rotatable bonds is 2. The molecule has 0 aliphatic carbocycles. The zero-order valence-electron chi connectivity index (χ0n) is 11.8. The molecule has 0 unspecified atom stereocenters. The summed E-state index contributed by atoms with van der Waals surface area (Å²) in [7, 11) is 1.35. The molecule has 4 heteroatoms. The summed E-state index contributed by atoms with van der Waals surface area (Å²) in [6.07, 6.45) is 0. The van der Waals surface area contributed by atoms with E-state index < -0.39 is 5.97 Å². The minimum atomic E-state index is -0.423. The van der Waals surface area contributed by atoms with E-state index in [0.717, 1.165) is 16.7 Å². The van der Waals surface area contributed by atoms with Gasteiger partial charge in [0.1, 0.15) is 17.0 Å². The minimum Gasteiger partial charge on any atom is -0.465 e. The van der Waals surface area contributed by atoms with Crippen LogP contribution in [-0.2, 0) is 4.74 Å². The van der Waals surface area contributed by atoms with Crippen molar-refractivity contribution in [2.24, 2.45) is 0 Å². The van der Waals surface area contributed by atoms with Crippen molar-refractivity contribution >= 4 is 5.97 Å². The highest BCUT2D eigenvalue weighted by Gasteiger charge is 2.24. The molecule has 0 N–H and O–H groups in total. The standard InChI is InChI=1S/C15H17NO3/c1-8-6-9(2)12(10(3)7-8)14-13(15(17)18-5)11(4)19-16-14/h6-7H,1-5H3. The second-order valence-electron chi connectivity index (χ2n) is 4.73. The minimum absolute atomic E-state index is 0.401. The predicted molar refractivity (Wildman–Crippen MR) is 72.2 cm³/mol. The third-order valence-electron chi connectivity index (χ3n) is 3.17. The highest BCUT2D eigenvalue weighted by Crippen LogP contribution is 2.31. The third-order valence-corrected chi connectivity index (χ3v) is 3.17. The summed E-state index contributed by atoms with van der Waals surface area (Å²) < 4.78 is 9.96. The van der Waals surface area contributed by atoms with Gasteiger partial charge >= 0.3 is 5.97 Å². The van der Waals surface area contributed by atoms with E-state index in [-0.39, 0.29) is 0 Å². The summed E-state index contributed by atoms with van der Waals surface area (Å²) in [4.78, 5) is 11.9. The number of benzene rings is 1. The van der Waals surface area contributed by atoms with E-state index in [9.17, 15) is 4.79 Å². The largest absolute Gasteiger partial charge is 0.465 e. The van der Waals surface area contributed by atoms with Crippen molar-refractivity contribution in [2.45, 2.75) is 27.7 Å². The van der Waals surface area contributed by atoms with E-state index >= 15 is 0 Å². The van der Waals surface area contributed by atoms with Crippen LogP contribution in [-0.4, -0.2) is 18.2 Å². The molecule has 0 saturated heterocycles. The van der Waals surface area contributed by atoms with Crippen LogP contribution in [0.25, 0.3) is 11.3 Å². The van der Waals surface area contributed by atoms with Crippen LogP contribution in [0.1, 0.15) is 32.8 Å². The Balaban J connectivity index is 2.70. The van der Waals surface area contributed by atoms with E-state index in [2.05, 4.69) is 17.3 Å². The number of hydrogen-bond donors (Lipinski definition) is 0. The Morgan fingerprint density at radius 2 is 1.74 bits per heavy atom. The van der Waals surface area contributed by atoms with Gasteiger partial charge in [0.05, 0.1) is 7.11 Å². The van der Waals surface area contributed by atoms with Crippen molar-refractivity contribution in [3.05, 3.63) is 40.1 Å². The fourth-order valence-corrected chi connectivity index (χ4v) is 2.44. The van der Waals surface area contributed by atoms with Crippen molar-refractivity contribution in [3.8, 4) is 11.3 Å². The molecule has 0 saturated carbocycles. The lowest BCUT2D eigenvalue weighted by Crippen LogP contribution is -2.04. The highest BCUT2D eigenvalue weighted by atomic mass is 16.5. The van der Waals surface area contributed by atoms with Gasteiger partial charge in [-0.05, 0) is 38.8 Å². The SMILES string of the molecule is COC(=O)c1c(-c2c(C)cc(C)cc2C)noc1C. The number of esters is 1. The van der Waals surface area contributed by atoms with Crippen molar-refractivity contribution in [1.29, 1.82) is 0 Å². The second kappa shape index (κ2) is 4.88. The molecular formula is C15H17NO3. The lowest BCUT2D eigenvalue weighted by Gasteiger charge is -2.09. The molecule has 0 aliphatic rings. The maximum absolute atomic E-state index is 11.9. The summed E-state index contributed by atoms with van der Waals surface area (Å²) >= 11 is 0. The molecule has 0 atom stereocenters. The zero-order chi connectivity index (χ0) is 14.2. The van der Waals surface area contributed by atoms with Crippen LogP contribution in [0, 0.1) is 27.7 Å². The Labute approximate surface area is 112 Å². The monoisotopic (exact) mass is 259 g/mol. The van der Waals surface area contributed by atoms with Gasteiger partial charge in [0.2, 0.25) is 0 Å². The fraction of sp³-hybridized carbons (Fsp3) is 0.333. The predicted octanol–water partition coefficient (Wildman–Crippen LogP) is 3.36. The molecule has 0 amide bonds. The molecule has 0 bridgehead atoms. The summed E-state index contributed by atoms with van der Waals surface area (Å²) in [5.41, 5.74) is 5.20. The number of aromatic nitrogens is 1. The molecule has 1 heterocycles. The molecule has 1 aromatic carbocycles. The number of methoxy groups -OCH3 is 1. The van der Waals surface area contributed by atoms with Gasteiger partial charge in [-0.25, -0.2) is 4.79 Å². The normalized spacial score (nSPS) is 10.6. The molecule has 0 radical (unpaired) electrons. The van der Waals surface area contributed by atoms with Crippen LogP contribution in [0.2, 0.25) is 0 Å².